The number of nitrogens with zero attached hydrogens (tertiary/aromatic N) is 1. The fraction of sp³-hybridized carbons (Fsp3) is 0.0526. The van der Waals surface area contributed by atoms with Crippen LogP contribution in [0.15, 0.2) is 52.9 Å². The Bertz CT molecular complexity index is 1230. The van der Waals surface area contributed by atoms with Gasteiger partial charge in [0.15, 0.2) is 10.0 Å². The van der Waals surface area contributed by atoms with E-state index in [1.807, 2.05) is 0 Å². The van der Waals surface area contributed by atoms with Gasteiger partial charge in [0.25, 0.3) is 10.0 Å². The third-order valence-electron chi connectivity index (χ3n) is 3.61. The van der Waals surface area contributed by atoms with Crippen molar-refractivity contribution in [2.75, 3.05) is 11.8 Å². The molecule has 0 spiro atoms. The second-order valence-electron chi connectivity index (χ2n) is 5.57. The highest BCUT2D eigenvalue weighted by Gasteiger charge is 2.20. The van der Waals surface area contributed by atoms with E-state index in [0.717, 1.165) is 11.3 Å². The summed E-state index contributed by atoms with van der Waals surface area (Å²) in [5, 5.41) is 10.4. The Morgan fingerprint density at radius 1 is 1.21 bits per heavy atom. The first-order valence-electron chi connectivity index (χ1n) is 7.96. The van der Waals surface area contributed by atoms with Gasteiger partial charge in [-0.3, -0.25) is 4.72 Å². The topological polar surface area (TPSA) is 106 Å². The van der Waals surface area contributed by atoms with E-state index in [-0.39, 0.29) is 32.9 Å². The largest absolute Gasteiger partial charge is 0.495 e. The molecule has 2 aromatic carbocycles. The quantitative estimate of drug-likeness (QED) is 0.600. The van der Waals surface area contributed by atoms with Gasteiger partial charge in [-0.15, -0.1) is 11.3 Å². The van der Waals surface area contributed by atoms with Crippen molar-refractivity contribution in [2.45, 2.75) is 5.03 Å². The number of carboxylic acids is 1. The van der Waals surface area contributed by atoms with E-state index in [1.54, 1.807) is 0 Å². The van der Waals surface area contributed by atoms with E-state index in [1.165, 1.54) is 55.0 Å². The van der Waals surface area contributed by atoms with Crippen LogP contribution in [0, 0.1) is 17.7 Å². The molecular formula is C19H13FN2O5S2. The number of nitrogens with one attached hydrogen (secondary N) is 1. The fourth-order valence-electron chi connectivity index (χ4n) is 2.20. The molecule has 0 saturated carbocycles. The van der Waals surface area contributed by atoms with Gasteiger partial charge in [-0.05, 0) is 48.4 Å². The van der Waals surface area contributed by atoms with Crippen LogP contribution in [-0.2, 0) is 10.0 Å². The lowest BCUT2D eigenvalue weighted by atomic mass is 10.2. The minimum atomic E-state index is -4.04. The summed E-state index contributed by atoms with van der Waals surface area (Å²) in [6, 6.07) is 9.31. The van der Waals surface area contributed by atoms with Crippen LogP contribution in [0.1, 0.15) is 20.9 Å². The second-order valence-corrected chi connectivity index (χ2v) is 8.06. The molecule has 148 valence electrons. The highest BCUT2D eigenvalue weighted by Crippen LogP contribution is 2.28. The Morgan fingerprint density at radius 2 is 1.93 bits per heavy atom. The smallest absolute Gasteiger partial charge is 0.335 e. The first-order chi connectivity index (χ1) is 13.8. The second kappa shape index (κ2) is 8.30. The highest BCUT2D eigenvalue weighted by atomic mass is 32.2. The molecule has 3 aromatic rings. The monoisotopic (exact) mass is 432 g/mol. The van der Waals surface area contributed by atoms with Crippen LogP contribution in [0.25, 0.3) is 0 Å². The number of hydrogen-bond acceptors (Lipinski definition) is 6. The van der Waals surface area contributed by atoms with Crippen LogP contribution in [0.2, 0.25) is 0 Å². The minimum Gasteiger partial charge on any atom is -0.495 e. The van der Waals surface area contributed by atoms with Crippen LogP contribution >= 0.6 is 11.3 Å². The molecule has 10 heteroatoms. The standard InChI is InChI=1S/C19H13FN2O5S2/c1-27-16-10-13(19(23)24)5-8-15(16)22-29(25,26)18-11-28-17(21-18)9-4-12-2-6-14(20)7-3-12/h2-3,5-8,10-11,22H,1H3,(H,23,24). The van der Waals surface area contributed by atoms with E-state index < -0.39 is 16.0 Å². The SMILES string of the molecule is COc1cc(C(=O)O)ccc1NS(=O)(=O)c1csc(C#Cc2ccc(F)cc2)n1. The number of aromatic carboxylic acids is 1. The van der Waals surface area contributed by atoms with Gasteiger partial charge >= 0.3 is 5.97 Å². The minimum absolute atomic E-state index is 0.0446. The molecule has 0 radical (unpaired) electrons. The number of aromatic nitrogens is 1. The zero-order valence-electron chi connectivity index (χ0n) is 14.8. The number of carbonyl (C=O) groups is 1. The van der Waals surface area contributed by atoms with Gasteiger partial charge in [0, 0.05) is 10.9 Å². The summed E-state index contributed by atoms with van der Waals surface area (Å²) in [7, 11) is -2.75. The molecule has 0 fully saturated rings. The number of thiazole rings is 1. The molecule has 7 nitrogen and oxygen atoms in total. The highest BCUT2D eigenvalue weighted by molar-refractivity contribution is 7.92. The molecule has 3 rings (SSSR count). The zero-order valence-corrected chi connectivity index (χ0v) is 16.5. The average molecular weight is 432 g/mol. The molecule has 0 saturated heterocycles. The molecule has 0 aliphatic carbocycles. The maximum absolute atomic E-state index is 12.9. The third-order valence-corrected chi connectivity index (χ3v) is 5.76. The Hall–Kier alpha value is -3.42. The van der Waals surface area contributed by atoms with Crippen molar-refractivity contribution < 1.29 is 27.4 Å². The Kier molecular flexibility index (Phi) is 5.81. The summed E-state index contributed by atoms with van der Waals surface area (Å²) in [5.41, 5.74) is 0.591. The van der Waals surface area contributed by atoms with E-state index in [4.69, 9.17) is 9.84 Å². The summed E-state index contributed by atoms with van der Waals surface area (Å²) in [4.78, 5) is 15.0. The van der Waals surface area contributed by atoms with Crippen molar-refractivity contribution in [1.82, 2.24) is 4.98 Å². The lowest BCUT2D eigenvalue weighted by Crippen LogP contribution is -2.14. The Labute approximate surface area is 169 Å². The van der Waals surface area contributed by atoms with Gasteiger partial charge in [0.2, 0.25) is 0 Å². The van der Waals surface area contributed by atoms with E-state index >= 15 is 0 Å². The van der Waals surface area contributed by atoms with Crippen LogP contribution in [0.4, 0.5) is 10.1 Å². The van der Waals surface area contributed by atoms with Crippen molar-refractivity contribution >= 4 is 33.0 Å². The number of anilines is 1. The van der Waals surface area contributed by atoms with Crippen molar-refractivity contribution in [3.05, 3.63) is 69.8 Å². The van der Waals surface area contributed by atoms with Crippen LogP contribution in [0.5, 0.6) is 5.75 Å². The Morgan fingerprint density at radius 3 is 2.59 bits per heavy atom. The predicted octanol–water partition coefficient (Wildman–Crippen LogP) is 3.19. The van der Waals surface area contributed by atoms with E-state index in [9.17, 15) is 17.6 Å². The van der Waals surface area contributed by atoms with E-state index in [2.05, 4.69) is 21.5 Å². The van der Waals surface area contributed by atoms with E-state index in [0.29, 0.717) is 5.56 Å². The maximum atomic E-state index is 12.9. The van der Waals surface area contributed by atoms with Crippen LogP contribution < -0.4 is 9.46 Å². The number of ether oxygens (including phenoxy) is 1. The molecule has 0 bridgehead atoms. The lowest BCUT2D eigenvalue weighted by Gasteiger charge is -2.11. The lowest BCUT2D eigenvalue weighted by molar-refractivity contribution is 0.0696. The zero-order chi connectivity index (χ0) is 21.0. The number of benzene rings is 2. The molecule has 0 unspecified atom stereocenters. The summed E-state index contributed by atoms with van der Waals surface area (Å²) in [5.74, 6) is 4.02. The van der Waals surface area contributed by atoms with Crippen molar-refractivity contribution in [3.63, 3.8) is 0 Å². The number of rotatable bonds is 5. The molecular weight excluding hydrogens is 419 g/mol. The normalized spacial score (nSPS) is 10.7. The summed E-state index contributed by atoms with van der Waals surface area (Å²) in [6.45, 7) is 0. The molecule has 29 heavy (non-hydrogen) atoms. The Balaban J connectivity index is 1.83. The first kappa shape index (κ1) is 20.3. The molecule has 1 heterocycles. The first-order valence-corrected chi connectivity index (χ1v) is 10.3. The van der Waals surface area contributed by atoms with Gasteiger partial charge in [0.05, 0.1) is 18.4 Å². The van der Waals surface area contributed by atoms with Crippen molar-refractivity contribution in [2.24, 2.45) is 0 Å². The van der Waals surface area contributed by atoms with Gasteiger partial charge in [-0.1, -0.05) is 5.92 Å². The molecule has 2 N–H and O–H groups in total. The van der Waals surface area contributed by atoms with Gasteiger partial charge in [-0.25, -0.2) is 14.2 Å². The molecule has 0 aliphatic rings. The number of halogens is 1. The van der Waals surface area contributed by atoms with Crippen LogP contribution in [-0.4, -0.2) is 31.6 Å². The number of hydrogen-bond donors (Lipinski definition) is 2. The molecule has 0 amide bonds. The number of sulfonamides is 1. The summed E-state index contributed by atoms with van der Waals surface area (Å²) in [6.07, 6.45) is 0. The predicted molar refractivity (Wildman–Crippen MR) is 105 cm³/mol. The van der Waals surface area contributed by atoms with Crippen LogP contribution in [0.3, 0.4) is 0 Å². The maximum Gasteiger partial charge on any atom is 0.335 e. The average Bonchev–Trinajstić information content (AvgIpc) is 3.17. The summed E-state index contributed by atoms with van der Waals surface area (Å²) >= 11 is 1.04. The number of methoxy groups -OCH3 is 1. The number of carboxylic acid groups (broad SMARTS) is 1. The third kappa shape index (κ3) is 4.90. The van der Waals surface area contributed by atoms with Gasteiger partial charge in [-0.2, -0.15) is 8.42 Å². The van der Waals surface area contributed by atoms with Crippen molar-refractivity contribution in [3.8, 4) is 17.6 Å². The van der Waals surface area contributed by atoms with Gasteiger partial charge < -0.3 is 9.84 Å². The van der Waals surface area contributed by atoms with Gasteiger partial charge in [0.1, 0.15) is 11.6 Å². The molecule has 1 aromatic heterocycles. The summed E-state index contributed by atoms with van der Waals surface area (Å²) < 4.78 is 45.5. The van der Waals surface area contributed by atoms with Crippen molar-refractivity contribution in [1.29, 1.82) is 0 Å². The fourth-order valence-corrected chi connectivity index (χ4v) is 4.21. The molecule has 0 atom stereocenters. The molecule has 0 aliphatic heterocycles.